The molecule has 0 fully saturated rings. The van der Waals surface area contributed by atoms with E-state index in [4.69, 9.17) is 21.6 Å². The van der Waals surface area contributed by atoms with Crippen LogP contribution in [-0.4, -0.2) is 35.6 Å². The van der Waals surface area contributed by atoms with E-state index in [2.05, 4.69) is 10.2 Å². The first-order chi connectivity index (χ1) is 5.12. The maximum absolute atomic E-state index is 10.9. The van der Waals surface area contributed by atoms with Gasteiger partial charge >= 0.3 is 7.67 Å². The molecule has 5 nitrogen and oxygen atoms in total. The van der Waals surface area contributed by atoms with Crippen molar-refractivity contribution in [2.45, 2.75) is 0 Å². The molecule has 0 aliphatic rings. The van der Waals surface area contributed by atoms with Gasteiger partial charge in [-0.1, -0.05) is 0 Å². The highest BCUT2D eigenvalue weighted by molar-refractivity contribution is 7.53. The summed E-state index contributed by atoms with van der Waals surface area (Å²) in [5.41, 5.74) is 0. The van der Waals surface area contributed by atoms with Crippen molar-refractivity contribution in [3.8, 4) is 0 Å². The van der Waals surface area contributed by atoms with E-state index in [0.29, 0.717) is 0 Å². The van der Waals surface area contributed by atoms with Crippen LogP contribution in [0.5, 0.6) is 0 Å². The van der Waals surface area contributed by atoms with E-state index in [0.717, 1.165) is 0 Å². The standard InChI is InChI=1S/C4H12ClN2O3P/c5-1-2-6-11(9,10)7-3-4-8/h8H,1-4H2,(H3,6,7,9,10). The second-order valence-corrected chi connectivity index (χ2v) is 3.97. The van der Waals surface area contributed by atoms with Gasteiger partial charge in [0.2, 0.25) is 0 Å². The van der Waals surface area contributed by atoms with Crippen molar-refractivity contribution in [2.24, 2.45) is 0 Å². The van der Waals surface area contributed by atoms with Crippen molar-refractivity contribution in [1.29, 1.82) is 0 Å². The van der Waals surface area contributed by atoms with Gasteiger partial charge < -0.3 is 10.00 Å². The van der Waals surface area contributed by atoms with E-state index in [1.165, 1.54) is 0 Å². The molecule has 0 spiro atoms. The second kappa shape index (κ2) is 5.94. The minimum atomic E-state index is -3.47. The zero-order valence-corrected chi connectivity index (χ0v) is 7.61. The summed E-state index contributed by atoms with van der Waals surface area (Å²) in [5.74, 6) is 0.269. The van der Waals surface area contributed by atoms with Crippen LogP contribution in [0.1, 0.15) is 0 Å². The molecule has 0 bridgehead atoms. The minimum Gasteiger partial charge on any atom is -0.395 e. The van der Waals surface area contributed by atoms with Crippen LogP contribution >= 0.6 is 19.3 Å². The third-order valence-electron chi connectivity index (χ3n) is 0.859. The summed E-state index contributed by atoms with van der Waals surface area (Å²) in [6.45, 7) is 0.171. The number of hydrogen-bond donors (Lipinski definition) is 4. The summed E-state index contributed by atoms with van der Waals surface area (Å²) < 4.78 is 10.9. The third-order valence-corrected chi connectivity index (χ3v) is 2.35. The van der Waals surface area contributed by atoms with Gasteiger partial charge in [0.25, 0.3) is 0 Å². The maximum atomic E-state index is 10.9. The topological polar surface area (TPSA) is 81.6 Å². The fourth-order valence-electron chi connectivity index (χ4n) is 0.451. The van der Waals surface area contributed by atoms with Crippen molar-refractivity contribution >= 4 is 19.3 Å². The summed E-state index contributed by atoms with van der Waals surface area (Å²) in [4.78, 5) is 8.94. The number of aliphatic hydroxyl groups excluding tert-OH is 1. The van der Waals surface area contributed by atoms with Crippen LogP contribution in [0, 0.1) is 0 Å². The van der Waals surface area contributed by atoms with Gasteiger partial charge in [-0.25, -0.2) is 10.2 Å². The largest absolute Gasteiger partial charge is 0.395 e. The van der Waals surface area contributed by atoms with Gasteiger partial charge in [0.1, 0.15) is 0 Å². The van der Waals surface area contributed by atoms with Gasteiger partial charge in [-0.3, -0.25) is 4.57 Å². The lowest BCUT2D eigenvalue weighted by Crippen LogP contribution is -2.25. The molecule has 0 aromatic rings. The molecular weight excluding hydrogens is 190 g/mol. The molecule has 0 saturated heterocycles. The van der Waals surface area contributed by atoms with Gasteiger partial charge in [0.15, 0.2) is 0 Å². The second-order valence-electron chi connectivity index (χ2n) is 1.80. The summed E-state index contributed by atoms with van der Waals surface area (Å²) in [6.07, 6.45) is 0. The van der Waals surface area contributed by atoms with Crippen LogP contribution < -0.4 is 10.2 Å². The van der Waals surface area contributed by atoms with Crippen molar-refractivity contribution in [2.75, 3.05) is 25.6 Å². The molecular formula is C4H12ClN2O3P. The van der Waals surface area contributed by atoms with E-state index >= 15 is 0 Å². The van der Waals surface area contributed by atoms with Gasteiger partial charge in [-0.2, -0.15) is 0 Å². The Morgan fingerprint density at radius 2 is 1.91 bits per heavy atom. The Morgan fingerprint density at radius 1 is 1.36 bits per heavy atom. The molecule has 0 saturated carbocycles. The van der Waals surface area contributed by atoms with Gasteiger partial charge in [-0.15, -0.1) is 11.6 Å². The van der Waals surface area contributed by atoms with E-state index < -0.39 is 7.67 Å². The highest BCUT2D eigenvalue weighted by atomic mass is 35.5. The number of aliphatic hydroxyl groups is 1. The summed E-state index contributed by atoms with van der Waals surface area (Å²) in [7, 11) is -3.47. The molecule has 1 unspecified atom stereocenters. The summed E-state index contributed by atoms with van der Waals surface area (Å²) in [5, 5.41) is 12.8. The van der Waals surface area contributed by atoms with Crippen LogP contribution in [0.4, 0.5) is 0 Å². The predicted octanol–water partition coefficient (Wildman–Crippen LogP) is -0.503. The molecule has 0 rings (SSSR count). The Kier molecular flexibility index (Phi) is 6.14. The Balaban J connectivity index is 3.53. The Labute approximate surface area is 70.3 Å². The molecule has 0 aliphatic carbocycles. The fourth-order valence-corrected chi connectivity index (χ4v) is 1.61. The number of nitrogens with one attached hydrogen (secondary N) is 2. The molecule has 0 radical (unpaired) electrons. The monoisotopic (exact) mass is 202 g/mol. The first-order valence-corrected chi connectivity index (χ1v) is 5.31. The first-order valence-electron chi connectivity index (χ1n) is 3.12. The Hall–Kier alpha value is 0.360. The maximum Gasteiger partial charge on any atom is 0.338 e. The number of halogens is 1. The molecule has 0 aromatic heterocycles. The van der Waals surface area contributed by atoms with Crippen LogP contribution in [0.3, 0.4) is 0 Å². The zero-order valence-electron chi connectivity index (χ0n) is 5.96. The molecule has 0 aromatic carbocycles. The molecule has 7 heteroatoms. The summed E-state index contributed by atoms with van der Waals surface area (Å²) >= 11 is 5.27. The molecule has 1 atom stereocenters. The van der Waals surface area contributed by atoms with Crippen molar-refractivity contribution in [3.05, 3.63) is 0 Å². The molecule has 0 amide bonds. The molecule has 0 aliphatic heterocycles. The SMILES string of the molecule is O=P(O)(NCCO)NCCCl. The minimum absolute atomic E-state index is 0.0864. The third kappa shape index (κ3) is 6.75. The van der Waals surface area contributed by atoms with Gasteiger partial charge in [0, 0.05) is 19.0 Å². The molecule has 0 heterocycles. The number of hydrogen-bond acceptors (Lipinski definition) is 2. The van der Waals surface area contributed by atoms with E-state index in [9.17, 15) is 4.57 Å². The van der Waals surface area contributed by atoms with E-state index in [1.54, 1.807) is 0 Å². The average molecular weight is 203 g/mol. The highest BCUT2D eigenvalue weighted by Gasteiger charge is 2.14. The lowest BCUT2D eigenvalue weighted by atomic mass is 10.8. The zero-order chi connectivity index (χ0) is 8.74. The van der Waals surface area contributed by atoms with Gasteiger partial charge in [-0.05, 0) is 0 Å². The van der Waals surface area contributed by atoms with Gasteiger partial charge in [0.05, 0.1) is 6.61 Å². The van der Waals surface area contributed by atoms with Crippen LogP contribution in [0.15, 0.2) is 0 Å². The first kappa shape index (κ1) is 11.4. The van der Waals surface area contributed by atoms with Crippen LogP contribution in [0.2, 0.25) is 0 Å². The normalized spacial score (nSPS) is 16.3. The lowest BCUT2D eigenvalue weighted by molar-refractivity contribution is 0.297. The quantitative estimate of drug-likeness (QED) is 0.345. The highest BCUT2D eigenvalue weighted by Crippen LogP contribution is 2.27. The Morgan fingerprint density at radius 3 is 2.36 bits per heavy atom. The molecule has 4 N–H and O–H groups in total. The lowest BCUT2D eigenvalue weighted by Gasteiger charge is -2.12. The van der Waals surface area contributed by atoms with E-state index in [-0.39, 0.29) is 25.6 Å². The molecule has 68 valence electrons. The van der Waals surface area contributed by atoms with Crippen molar-refractivity contribution in [1.82, 2.24) is 10.2 Å². The predicted molar refractivity (Wildman–Crippen MR) is 43.6 cm³/mol. The molecule has 11 heavy (non-hydrogen) atoms. The van der Waals surface area contributed by atoms with Crippen molar-refractivity contribution in [3.63, 3.8) is 0 Å². The average Bonchev–Trinajstić information content (AvgIpc) is 1.97. The fraction of sp³-hybridized carbons (Fsp3) is 1.00. The number of alkyl halides is 1. The van der Waals surface area contributed by atoms with Crippen molar-refractivity contribution < 1.29 is 14.6 Å². The number of rotatable bonds is 6. The van der Waals surface area contributed by atoms with Crippen LogP contribution in [0.25, 0.3) is 0 Å². The van der Waals surface area contributed by atoms with Crippen LogP contribution in [-0.2, 0) is 4.57 Å². The summed E-state index contributed by atoms with van der Waals surface area (Å²) in [6, 6.07) is 0. The smallest absolute Gasteiger partial charge is 0.338 e. The Bertz CT molecular complexity index is 133. The van der Waals surface area contributed by atoms with E-state index in [1.807, 2.05) is 0 Å².